The third-order valence-electron chi connectivity index (χ3n) is 2.72. The number of rotatable bonds is 7. The van der Waals surface area contributed by atoms with Crippen molar-refractivity contribution in [1.82, 2.24) is 20.5 Å². The van der Waals surface area contributed by atoms with Crippen LogP contribution in [0, 0.1) is 0 Å². The first kappa shape index (κ1) is 13.7. The molecule has 0 bridgehead atoms. The predicted molar refractivity (Wildman–Crippen MR) is 71.4 cm³/mol. The molecule has 0 aliphatic carbocycles. The topological polar surface area (TPSA) is 83.1 Å². The summed E-state index contributed by atoms with van der Waals surface area (Å²) in [7, 11) is 1.57. The lowest BCUT2D eigenvalue weighted by atomic mass is 10.1. The minimum Gasteiger partial charge on any atom is -0.389 e. The summed E-state index contributed by atoms with van der Waals surface area (Å²) in [6.07, 6.45) is 4.80. The summed E-state index contributed by atoms with van der Waals surface area (Å²) in [5.74, 6) is 0. The normalized spacial score (nSPS) is 12.5. The predicted octanol–water partition coefficient (Wildman–Crippen LogP) is 0.569. The van der Waals surface area contributed by atoms with Crippen molar-refractivity contribution in [3.63, 3.8) is 0 Å². The summed E-state index contributed by atoms with van der Waals surface area (Å²) in [6, 6.07) is 3.86. The minimum absolute atomic E-state index is 0.327. The van der Waals surface area contributed by atoms with Gasteiger partial charge in [0.25, 0.3) is 0 Å². The maximum Gasteiger partial charge on any atom is 0.0897 e. The Balaban J connectivity index is 1.94. The third kappa shape index (κ3) is 3.85. The van der Waals surface area contributed by atoms with E-state index < -0.39 is 6.10 Å². The van der Waals surface area contributed by atoms with Gasteiger partial charge in [-0.25, -0.2) is 0 Å². The molecule has 0 spiro atoms. The maximum absolute atomic E-state index is 9.54. The standard InChI is InChI=1S/C13H18N4O2/c1-19-9-12(18)8-15-6-11-7-16-17-13(11)10-3-2-4-14-5-10/h2-5,7,12,15,18H,6,8-9H2,1H3,(H,16,17). The molecule has 0 radical (unpaired) electrons. The molecule has 6 heteroatoms. The van der Waals surface area contributed by atoms with Crippen LogP contribution < -0.4 is 5.32 Å². The van der Waals surface area contributed by atoms with Gasteiger partial charge in [0.1, 0.15) is 0 Å². The van der Waals surface area contributed by atoms with Gasteiger partial charge in [-0.3, -0.25) is 10.1 Å². The first-order chi connectivity index (χ1) is 9.31. The zero-order valence-electron chi connectivity index (χ0n) is 10.8. The van der Waals surface area contributed by atoms with Crippen LogP contribution in [-0.2, 0) is 11.3 Å². The molecular formula is C13H18N4O2. The van der Waals surface area contributed by atoms with Crippen LogP contribution in [0.4, 0.5) is 0 Å². The van der Waals surface area contributed by atoms with E-state index in [1.54, 1.807) is 25.7 Å². The van der Waals surface area contributed by atoms with E-state index in [4.69, 9.17) is 4.74 Å². The molecule has 1 atom stereocenters. The molecule has 0 aromatic carbocycles. The van der Waals surface area contributed by atoms with Crippen molar-refractivity contribution >= 4 is 0 Å². The number of nitrogens with zero attached hydrogens (tertiary/aromatic N) is 2. The Labute approximate surface area is 111 Å². The zero-order chi connectivity index (χ0) is 13.5. The van der Waals surface area contributed by atoms with Gasteiger partial charge in [0.15, 0.2) is 0 Å². The van der Waals surface area contributed by atoms with E-state index >= 15 is 0 Å². The molecule has 2 rings (SSSR count). The quantitative estimate of drug-likeness (QED) is 0.679. The second-order valence-electron chi connectivity index (χ2n) is 4.25. The zero-order valence-corrected chi connectivity index (χ0v) is 10.8. The molecule has 19 heavy (non-hydrogen) atoms. The molecule has 2 aromatic rings. The highest BCUT2D eigenvalue weighted by atomic mass is 16.5. The van der Waals surface area contributed by atoms with Gasteiger partial charge in [-0.15, -0.1) is 0 Å². The van der Waals surface area contributed by atoms with Crippen molar-refractivity contribution in [3.8, 4) is 11.3 Å². The van der Waals surface area contributed by atoms with Crippen molar-refractivity contribution in [2.45, 2.75) is 12.6 Å². The third-order valence-corrected chi connectivity index (χ3v) is 2.72. The Morgan fingerprint density at radius 3 is 3.11 bits per heavy atom. The van der Waals surface area contributed by atoms with Crippen LogP contribution in [-0.4, -0.2) is 46.7 Å². The second-order valence-corrected chi connectivity index (χ2v) is 4.25. The summed E-state index contributed by atoms with van der Waals surface area (Å²) >= 11 is 0. The lowest BCUT2D eigenvalue weighted by Gasteiger charge is -2.10. The van der Waals surface area contributed by atoms with Crippen LogP contribution in [0.25, 0.3) is 11.3 Å². The fourth-order valence-electron chi connectivity index (χ4n) is 1.83. The first-order valence-corrected chi connectivity index (χ1v) is 6.11. The SMILES string of the molecule is COCC(O)CNCc1cn[nH]c1-c1cccnc1. The summed E-state index contributed by atoms with van der Waals surface area (Å²) in [5.41, 5.74) is 2.98. The molecule has 0 fully saturated rings. The van der Waals surface area contributed by atoms with Crippen molar-refractivity contribution in [2.24, 2.45) is 0 Å². The smallest absolute Gasteiger partial charge is 0.0897 e. The number of methoxy groups -OCH3 is 1. The first-order valence-electron chi connectivity index (χ1n) is 6.11. The fourth-order valence-corrected chi connectivity index (χ4v) is 1.83. The molecule has 0 amide bonds. The van der Waals surface area contributed by atoms with Crippen LogP contribution >= 0.6 is 0 Å². The lowest BCUT2D eigenvalue weighted by Crippen LogP contribution is -2.29. The molecular weight excluding hydrogens is 244 g/mol. The molecule has 1 unspecified atom stereocenters. The van der Waals surface area contributed by atoms with Crippen LogP contribution in [0.1, 0.15) is 5.56 Å². The number of aliphatic hydroxyl groups is 1. The van der Waals surface area contributed by atoms with Gasteiger partial charge in [0.2, 0.25) is 0 Å². The molecule has 2 heterocycles. The number of pyridine rings is 1. The molecule has 102 valence electrons. The molecule has 0 saturated carbocycles. The van der Waals surface area contributed by atoms with Gasteiger partial charge >= 0.3 is 0 Å². The minimum atomic E-state index is -0.501. The molecule has 6 nitrogen and oxygen atoms in total. The van der Waals surface area contributed by atoms with Crippen LogP contribution in [0.5, 0.6) is 0 Å². The average Bonchev–Trinajstić information content (AvgIpc) is 2.88. The van der Waals surface area contributed by atoms with Crippen LogP contribution in [0.2, 0.25) is 0 Å². The summed E-state index contributed by atoms with van der Waals surface area (Å²) < 4.78 is 4.87. The Morgan fingerprint density at radius 2 is 2.37 bits per heavy atom. The van der Waals surface area contributed by atoms with Gasteiger partial charge in [-0.2, -0.15) is 5.10 Å². The average molecular weight is 262 g/mol. The van der Waals surface area contributed by atoms with Gasteiger partial charge in [0, 0.05) is 43.7 Å². The largest absolute Gasteiger partial charge is 0.389 e. The Kier molecular flexibility index (Phi) is 5.02. The number of H-pyrrole nitrogens is 1. The van der Waals surface area contributed by atoms with Gasteiger partial charge < -0.3 is 15.2 Å². The van der Waals surface area contributed by atoms with E-state index in [9.17, 15) is 5.11 Å². The molecule has 3 N–H and O–H groups in total. The van der Waals surface area contributed by atoms with Gasteiger partial charge in [0.05, 0.1) is 24.6 Å². The number of ether oxygens (including phenoxy) is 1. The monoisotopic (exact) mass is 262 g/mol. The highest BCUT2D eigenvalue weighted by Gasteiger charge is 2.08. The highest BCUT2D eigenvalue weighted by Crippen LogP contribution is 2.19. The Morgan fingerprint density at radius 1 is 1.47 bits per heavy atom. The van der Waals surface area contributed by atoms with E-state index in [-0.39, 0.29) is 0 Å². The van der Waals surface area contributed by atoms with Crippen LogP contribution in [0.15, 0.2) is 30.7 Å². The van der Waals surface area contributed by atoms with Gasteiger partial charge in [-0.1, -0.05) is 0 Å². The van der Waals surface area contributed by atoms with Crippen molar-refractivity contribution in [2.75, 3.05) is 20.3 Å². The number of aliphatic hydroxyl groups excluding tert-OH is 1. The number of aromatic nitrogens is 3. The van der Waals surface area contributed by atoms with E-state index in [0.29, 0.717) is 19.7 Å². The fraction of sp³-hybridized carbons (Fsp3) is 0.385. The highest BCUT2D eigenvalue weighted by molar-refractivity contribution is 5.61. The second kappa shape index (κ2) is 6.98. The number of aromatic amines is 1. The van der Waals surface area contributed by atoms with Crippen molar-refractivity contribution in [1.29, 1.82) is 0 Å². The molecule has 2 aromatic heterocycles. The summed E-state index contributed by atoms with van der Waals surface area (Å²) in [6.45, 7) is 1.43. The molecule has 0 saturated heterocycles. The van der Waals surface area contributed by atoms with Crippen molar-refractivity contribution in [3.05, 3.63) is 36.3 Å². The molecule has 0 aliphatic rings. The Bertz CT molecular complexity index is 486. The Hall–Kier alpha value is -1.76. The van der Waals surface area contributed by atoms with Gasteiger partial charge in [-0.05, 0) is 12.1 Å². The lowest BCUT2D eigenvalue weighted by molar-refractivity contribution is 0.0644. The maximum atomic E-state index is 9.54. The molecule has 0 aliphatic heterocycles. The van der Waals surface area contributed by atoms with Crippen LogP contribution in [0.3, 0.4) is 0 Å². The summed E-state index contributed by atoms with van der Waals surface area (Å²) in [5, 5.41) is 19.7. The van der Waals surface area contributed by atoms with E-state index in [1.807, 2.05) is 12.1 Å². The van der Waals surface area contributed by atoms with E-state index in [2.05, 4.69) is 20.5 Å². The van der Waals surface area contributed by atoms with E-state index in [1.165, 1.54) is 0 Å². The number of hydrogen-bond acceptors (Lipinski definition) is 5. The summed E-state index contributed by atoms with van der Waals surface area (Å²) in [4.78, 5) is 4.09. The van der Waals surface area contributed by atoms with Crippen molar-refractivity contribution < 1.29 is 9.84 Å². The number of nitrogens with one attached hydrogen (secondary N) is 2. The number of hydrogen-bond donors (Lipinski definition) is 3. The van der Waals surface area contributed by atoms with E-state index in [0.717, 1.165) is 16.8 Å².